The summed E-state index contributed by atoms with van der Waals surface area (Å²) >= 11 is 3.07. The summed E-state index contributed by atoms with van der Waals surface area (Å²) in [6.45, 7) is 1.57. The normalized spacial score (nSPS) is 16.5. The molecule has 1 saturated carbocycles. The number of nitrogens with zero attached hydrogens (tertiary/aromatic N) is 6. The van der Waals surface area contributed by atoms with Crippen LogP contribution in [0.2, 0.25) is 5.02 Å². The Hall–Kier alpha value is -8.00. The van der Waals surface area contributed by atoms with Crippen molar-refractivity contribution in [3.8, 4) is 28.7 Å². The first kappa shape index (κ1) is 71.8. The number of aryl methyl sites for hydroxylation is 1. The molecule has 7 N–H and O–H groups in total. The second-order valence-corrected chi connectivity index (χ2v) is 28.5. The maximum absolute atomic E-state index is 15.8. The highest BCUT2D eigenvalue weighted by Crippen LogP contribution is 2.68. The van der Waals surface area contributed by atoms with Gasteiger partial charge in [0.2, 0.25) is 23.6 Å². The van der Waals surface area contributed by atoms with Crippen LogP contribution in [-0.2, 0) is 99.6 Å². The first-order valence-electron chi connectivity index (χ1n) is 27.5. The number of primary amides is 1. The number of amides is 4. The predicted octanol–water partition coefficient (Wildman–Crippen LogP) is 7.55. The number of phosphoric ester groups is 1. The fraction of sp³-hybridized carbons (Fsp3) is 0.404. The van der Waals surface area contributed by atoms with Gasteiger partial charge >= 0.3 is 26.1 Å². The lowest BCUT2D eigenvalue weighted by molar-refractivity contribution is -0.143. The molecule has 2 aliphatic rings. The molecule has 0 radical (unpaired) electrons. The fourth-order valence-electron chi connectivity index (χ4n) is 11.1. The van der Waals surface area contributed by atoms with E-state index in [-0.39, 0.29) is 53.6 Å². The summed E-state index contributed by atoms with van der Waals surface area (Å²) in [5.74, 6) is -11.4. The Bertz CT molecular complexity index is 4360. The second kappa shape index (κ2) is 26.0. The predicted molar refractivity (Wildman–Crippen MR) is 311 cm³/mol. The first-order valence-corrected chi connectivity index (χ1v) is 32.4. The number of carboxylic acid groups (broad SMARTS) is 1. The number of alkyl halides is 8. The molecule has 506 valence electrons. The summed E-state index contributed by atoms with van der Waals surface area (Å²) in [6, 6.07) is 4.94. The summed E-state index contributed by atoms with van der Waals surface area (Å²) in [7, 11) is -9.52. The molecule has 1 fully saturated rings. The van der Waals surface area contributed by atoms with Crippen molar-refractivity contribution in [3.05, 3.63) is 128 Å². The van der Waals surface area contributed by atoms with E-state index in [1.165, 1.54) is 40.7 Å². The Morgan fingerprint density at radius 1 is 0.957 bits per heavy atom. The van der Waals surface area contributed by atoms with Crippen molar-refractivity contribution in [2.45, 2.75) is 133 Å². The number of carbonyl (C=O) groups is 5. The topological polar surface area (TPSA) is 348 Å². The highest BCUT2D eigenvalue weighted by Gasteiger charge is 2.68. The van der Waals surface area contributed by atoms with Crippen molar-refractivity contribution in [1.82, 2.24) is 39.5 Å². The minimum absolute atomic E-state index is 0.0729. The fourth-order valence-corrected chi connectivity index (χ4v) is 12.5. The van der Waals surface area contributed by atoms with Crippen molar-refractivity contribution in [1.29, 1.82) is 0 Å². The van der Waals surface area contributed by atoms with Gasteiger partial charge in [-0.15, -0.1) is 0 Å². The number of benzene rings is 3. The number of carbonyl (C=O) groups excluding carboxylic acids is 4. The SMILES string of the molecule is Cc1cc(CC(=O)N[C@@H](CC(N)=O)C(=O)O)c(C(C)(C)CC(=O)N(Cc2nn(CC(F)(F)F)c3c(-c4ccc(C#CC(C)(C)S(C)(=O)=O)nc4[C@H](Cc4cc(F)cc(F)c4)NC(=O)Cn4nc(C(F)(F)F)c5c4C(F)(F)[C@@H]4C[C@H]54)ccc(Cl)c23)S(=O)[O-])c(OP(=O)(O)O)c1. The Morgan fingerprint density at radius 3 is 2.17 bits per heavy atom. The Labute approximate surface area is 534 Å². The van der Waals surface area contributed by atoms with Crippen molar-refractivity contribution in [2.24, 2.45) is 11.7 Å². The van der Waals surface area contributed by atoms with Gasteiger partial charge in [0.15, 0.2) is 15.5 Å². The molecule has 0 bridgehead atoms. The molecular weight excluding hydrogens is 1360 g/mol. The van der Waals surface area contributed by atoms with Gasteiger partial charge in [-0.1, -0.05) is 43.5 Å². The standard InChI is InChI=1S/C57H55ClF10N9O14PS2/c1-26-13-28(18-42(79)72-38(52(82)83)21-41(69)78)47(40(14-26)91-92(84,85)86)53(2,3)22-44(81)77(93(87)88)23-39-46-36(58)10-9-33(49(46)76(73-39)25-55(61,62)63)32-8-7-31(11-12-54(4,5)94(6,89)90)70-48(32)37(17-27-15-29(59)19-30(60)16-27)71-43(80)24-75-51-45(50(74-75)57(66,67)68)34-20-35(34)56(51,64)65/h7-10,13-16,19,34-35,37-38H,17-18,20-25H2,1-6H3,(H2,69,78)(H,71,80)(H,72,79)(H,82,83)(H,87,88)(H2,84,85,86)/p-1/t34-,35+,37-,38-/m0/s1. The summed E-state index contributed by atoms with van der Waals surface area (Å²) < 4.78 is 218. The molecule has 94 heavy (non-hydrogen) atoms. The molecule has 4 amide bonds. The molecule has 0 aliphatic heterocycles. The molecule has 3 heterocycles. The zero-order valence-electron chi connectivity index (χ0n) is 49.7. The van der Waals surface area contributed by atoms with Crippen LogP contribution < -0.4 is 20.9 Å². The van der Waals surface area contributed by atoms with Gasteiger partial charge in [0.1, 0.15) is 52.7 Å². The molecular formula is C57H54ClF10N9O14PS2-. The number of carboxylic acids is 1. The van der Waals surface area contributed by atoms with E-state index >= 15 is 17.6 Å². The van der Waals surface area contributed by atoms with Crippen LogP contribution in [0.5, 0.6) is 5.75 Å². The number of aromatic nitrogens is 5. The number of nitrogens with two attached hydrogens (primary N) is 1. The average Bonchev–Trinajstić information content (AvgIpc) is 1.52. The summed E-state index contributed by atoms with van der Waals surface area (Å²) in [5, 5.41) is 20.6. The number of hydrogen-bond donors (Lipinski definition) is 6. The van der Waals surface area contributed by atoms with Crippen LogP contribution in [0.1, 0.15) is 115 Å². The molecule has 1 unspecified atom stereocenters. The van der Waals surface area contributed by atoms with Crippen LogP contribution in [0.4, 0.5) is 43.9 Å². The number of hydrogen-bond acceptors (Lipinski definition) is 14. The van der Waals surface area contributed by atoms with Crippen molar-refractivity contribution >= 4 is 81.0 Å². The van der Waals surface area contributed by atoms with Gasteiger partial charge < -0.3 is 30.6 Å². The Balaban J connectivity index is 1.27. The third-order valence-corrected chi connectivity index (χ3v) is 18.8. The highest BCUT2D eigenvalue weighted by molar-refractivity contribution is 7.92. The van der Waals surface area contributed by atoms with Gasteiger partial charge in [0.05, 0.1) is 58.6 Å². The Morgan fingerprint density at radius 2 is 1.60 bits per heavy atom. The minimum atomic E-state index is -5.53. The molecule has 0 saturated heterocycles. The molecule has 37 heteroatoms. The highest BCUT2D eigenvalue weighted by atomic mass is 35.5. The first-order chi connectivity index (χ1) is 43.2. The minimum Gasteiger partial charge on any atom is -0.755 e. The number of fused-ring (bicyclic) bond motifs is 4. The smallest absolute Gasteiger partial charge is 0.524 e. The van der Waals surface area contributed by atoms with E-state index in [2.05, 4.69) is 37.7 Å². The lowest BCUT2D eigenvalue weighted by Gasteiger charge is -2.33. The van der Waals surface area contributed by atoms with Gasteiger partial charge in [-0.25, -0.2) is 31.5 Å². The van der Waals surface area contributed by atoms with Crippen LogP contribution in [-0.4, -0.2) is 114 Å². The molecule has 0 spiro atoms. The lowest BCUT2D eigenvalue weighted by Crippen LogP contribution is -2.44. The molecule has 8 rings (SSSR count). The number of sulfone groups is 1. The van der Waals surface area contributed by atoms with Gasteiger partial charge in [0, 0.05) is 57.7 Å². The van der Waals surface area contributed by atoms with E-state index in [0.29, 0.717) is 6.07 Å². The number of phosphoric acid groups is 1. The van der Waals surface area contributed by atoms with Crippen LogP contribution >= 0.6 is 19.4 Å². The van der Waals surface area contributed by atoms with Crippen LogP contribution in [0.3, 0.4) is 0 Å². The zero-order valence-corrected chi connectivity index (χ0v) is 53.0. The summed E-state index contributed by atoms with van der Waals surface area (Å²) in [4.78, 5) is 90.3. The number of aliphatic carboxylic acids is 1. The zero-order chi connectivity index (χ0) is 70.1. The number of halogens is 11. The molecule has 5 atom stereocenters. The van der Waals surface area contributed by atoms with Crippen LogP contribution in [0.25, 0.3) is 22.0 Å². The molecule has 2 aliphatic carbocycles. The molecule has 3 aromatic heterocycles. The third kappa shape index (κ3) is 16.0. The van der Waals surface area contributed by atoms with E-state index in [0.717, 1.165) is 48.7 Å². The van der Waals surface area contributed by atoms with E-state index in [1.807, 2.05) is 0 Å². The maximum atomic E-state index is 15.8. The van der Waals surface area contributed by atoms with Crippen molar-refractivity contribution in [3.63, 3.8) is 0 Å². The van der Waals surface area contributed by atoms with Gasteiger partial charge in [-0.2, -0.15) is 45.3 Å². The molecule has 3 aromatic carbocycles. The van der Waals surface area contributed by atoms with Crippen LogP contribution in [0, 0.1) is 36.3 Å². The third-order valence-electron chi connectivity index (χ3n) is 15.4. The average molecular weight is 1410 g/mol. The number of nitrogens with one attached hydrogen (secondary N) is 2. The van der Waals surface area contributed by atoms with Crippen molar-refractivity contribution in [2.75, 3.05) is 6.26 Å². The number of pyridine rings is 1. The van der Waals surface area contributed by atoms with Crippen molar-refractivity contribution < 1.29 is 109 Å². The lowest BCUT2D eigenvalue weighted by atomic mass is 9.77. The van der Waals surface area contributed by atoms with Gasteiger partial charge in [0.25, 0.3) is 5.92 Å². The van der Waals surface area contributed by atoms with Gasteiger partial charge in [-0.05, 0) is 98.5 Å². The number of rotatable bonds is 23. The van der Waals surface area contributed by atoms with E-state index < -0.39 is 223 Å². The van der Waals surface area contributed by atoms with E-state index in [9.17, 15) is 87.0 Å². The van der Waals surface area contributed by atoms with Gasteiger partial charge in [-0.3, -0.25) is 46.8 Å². The molecule has 6 aromatic rings. The summed E-state index contributed by atoms with van der Waals surface area (Å²) in [6.07, 6.45) is -13.5. The second-order valence-electron chi connectivity index (χ2n) is 23.5. The summed E-state index contributed by atoms with van der Waals surface area (Å²) in [5.41, 5.74) is -4.12. The Kier molecular flexibility index (Phi) is 19.8. The molecule has 23 nitrogen and oxygen atoms in total. The maximum Gasteiger partial charge on any atom is 0.524 e. The monoisotopic (exact) mass is 1410 g/mol. The largest absolute Gasteiger partial charge is 0.755 e. The van der Waals surface area contributed by atoms with E-state index in [4.69, 9.17) is 21.9 Å². The van der Waals surface area contributed by atoms with Crippen LogP contribution in [0.15, 0.2) is 54.6 Å². The quantitative estimate of drug-likeness (QED) is 0.0156. The van der Waals surface area contributed by atoms with E-state index in [1.54, 1.807) is 0 Å².